The molecule has 2 aromatic heterocycles. The summed E-state index contributed by atoms with van der Waals surface area (Å²) in [5, 5.41) is 0.955. The predicted octanol–water partition coefficient (Wildman–Crippen LogP) is 4.28. The summed E-state index contributed by atoms with van der Waals surface area (Å²) < 4.78 is 6.25. The number of nitrogens with zero attached hydrogens (tertiary/aromatic N) is 2. The number of Topliss-reactive ketones (excluding diaryl/α,β-unsaturated/α-hetero) is 1. The average Bonchev–Trinajstić information content (AvgIpc) is 2.98. The summed E-state index contributed by atoms with van der Waals surface area (Å²) >= 11 is 1.66. The monoisotopic (exact) mass is 326 g/mol. The number of carbonyl (C=O) groups excluding carboxylic acids is 1. The molecule has 3 rings (SSSR count). The van der Waals surface area contributed by atoms with Crippen molar-refractivity contribution < 1.29 is 9.53 Å². The van der Waals surface area contributed by atoms with Crippen LogP contribution in [-0.4, -0.2) is 22.9 Å². The van der Waals surface area contributed by atoms with E-state index in [1.54, 1.807) is 31.6 Å². The van der Waals surface area contributed by atoms with Crippen LogP contribution in [0.15, 0.2) is 36.5 Å². The number of benzene rings is 1. The number of hydrogen-bond acceptors (Lipinski definition) is 5. The Morgan fingerprint density at radius 1 is 1.26 bits per heavy atom. The lowest BCUT2D eigenvalue weighted by Gasteiger charge is -1.99. The number of pyridine rings is 1. The summed E-state index contributed by atoms with van der Waals surface area (Å²) in [6.07, 6.45) is 4.25. The summed E-state index contributed by atoms with van der Waals surface area (Å²) in [5.41, 5.74) is 3.24. The Balaban J connectivity index is 1.82. The van der Waals surface area contributed by atoms with Crippen molar-refractivity contribution in [3.63, 3.8) is 0 Å². The molecule has 2 heterocycles. The molecule has 0 unspecified atom stereocenters. The summed E-state index contributed by atoms with van der Waals surface area (Å²) in [6, 6.07) is 10.1. The fraction of sp³-hybridized carbons (Fsp3) is 0.278. The Kier molecular flexibility index (Phi) is 4.67. The molecule has 0 aliphatic carbocycles. The van der Waals surface area contributed by atoms with Gasteiger partial charge in [0.25, 0.3) is 0 Å². The Morgan fingerprint density at radius 3 is 2.83 bits per heavy atom. The second-order valence-electron chi connectivity index (χ2n) is 5.47. The van der Waals surface area contributed by atoms with Crippen molar-refractivity contribution in [1.29, 1.82) is 0 Å². The number of aromatic nitrogens is 2. The van der Waals surface area contributed by atoms with Gasteiger partial charge in [0.15, 0.2) is 0 Å². The molecule has 5 heteroatoms. The molecule has 0 amide bonds. The quantitative estimate of drug-likeness (QED) is 0.678. The largest absolute Gasteiger partial charge is 0.481 e. The smallest absolute Gasteiger partial charge is 0.212 e. The van der Waals surface area contributed by atoms with Crippen molar-refractivity contribution >= 4 is 27.3 Å². The van der Waals surface area contributed by atoms with Crippen molar-refractivity contribution in [3.8, 4) is 16.5 Å². The molecule has 0 fully saturated rings. The molecular weight excluding hydrogens is 308 g/mol. The number of hydrogen-bond donors (Lipinski definition) is 0. The lowest BCUT2D eigenvalue weighted by Crippen LogP contribution is -1.92. The van der Waals surface area contributed by atoms with Gasteiger partial charge in [0.05, 0.1) is 17.3 Å². The van der Waals surface area contributed by atoms with Crippen LogP contribution < -0.4 is 4.74 Å². The molecule has 0 aliphatic rings. The highest BCUT2D eigenvalue weighted by Crippen LogP contribution is 2.31. The standard InChI is InChI=1S/C18H18N2O2S/c1-12(21)4-3-5-13-6-8-15-16(10-13)23-18(20-15)14-7-9-17(22-2)19-11-14/h6-11H,3-5H2,1-2H3. The maximum absolute atomic E-state index is 11.0. The molecule has 0 radical (unpaired) electrons. The van der Waals surface area contributed by atoms with E-state index < -0.39 is 0 Å². The fourth-order valence-corrected chi connectivity index (χ4v) is 3.44. The van der Waals surface area contributed by atoms with E-state index in [0.29, 0.717) is 12.3 Å². The summed E-state index contributed by atoms with van der Waals surface area (Å²) in [4.78, 5) is 19.9. The highest BCUT2D eigenvalue weighted by molar-refractivity contribution is 7.21. The molecule has 0 N–H and O–H groups in total. The first-order valence-corrected chi connectivity index (χ1v) is 8.36. The van der Waals surface area contributed by atoms with Crippen molar-refractivity contribution in [2.75, 3.05) is 7.11 Å². The maximum atomic E-state index is 11.0. The number of aryl methyl sites for hydroxylation is 1. The van der Waals surface area contributed by atoms with Crippen LogP contribution in [0.25, 0.3) is 20.8 Å². The molecule has 0 bridgehead atoms. The molecule has 0 spiro atoms. The third-order valence-corrected chi connectivity index (χ3v) is 4.71. The van der Waals surface area contributed by atoms with E-state index in [1.165, 1.54) is 5.56 Å². The first-order chi connectivity index (χ1) is 11.2. The van der Waals surface area contributed by atoms with E-state index in [-0.39, 0.29) is 5.78 Å². The average molecular weight is 326 g/mol. The van der Waals surface area contributed by atoms with Gasteiger partial charge in [-0.1, -0.05) is 6.07 Å². The molecule has 0 saturated heterocycles. The minimum atomic E-state index is 0.248. The van der Waals surface area contributed by atoms with Gasteiger partial charge in [-0.15, -0.1) is 11.3 Å². The number of fused-ring (bicyclic) bond motifs is 1. The zero-order chi connectivity index (χ0) is 16.2. The maximum Gasteiger partial charge on any atom is 0.212 e. The van der Waals surface area contributed by atoms with Crippen LogP contribution in [0.1, 0.15) is 25.3 Å². The Bertz CT molecular complexity index is 825. The number of rotatable bonds is 6. The van der Waals surface area contributed by atoms with Crippen LogP contribution in [-0.2, 0) is 11.2 Å². The first-order valence-electron chi connectivity index (χ1n) is 7.55. The zero-order valence-electron chi connectivity index (χ0n) is 13.2. The minimum Gasteiger partial charge on any atom is -0.481 e. The van der Waals surface area contributed by atoms with Crippen LogP contribution >= 0.6 is 11.3 Å². The van der Waals surface area contributed by atoms with Crippen LogP contribution in [0, 0.1) is 0 Å². The summed E-state index contributed by atoms with van der Waals surface area (Å²) in [5.74, 6) is 0.848. The van der Waals surface area contributed by atoms with E-state index in [0.717, 1.165) is 33.6 Å². The van der Waals surface area contributed by atoms with Crippen molar-refractivity contribution in [2.45, 2.75) is 26.2 Å². The second-order valence-corrected chi connectivity index (χ2v) is 6.50. The van der Waals surface area contributed by atoms with Crippen LogP contribution in [0.3, 0.4) is 0 Å². The van der Waals surface area contributed by atoms with Crippen LogP contribution in [0.5, 0.6) is 5.88 Å². The van der Waals surface area contributed by atoms with Gasteiger partial charge in [-0.05, 0) is 43.5 Å². The van der Waals surface area contributed by atoms with Gasteiger partial charge in [0, 0.05) is 24.2 Å². The SMILES string of the molecule is COc1ccc(-c2nc3ccc(CCCC(C)=O)cc3s2)cn1. The normalized spacial score (nSPS) is 10.9. The van der Waals surface area contributed by atoms with Crippen LogP contribution in [0.4, 0.5) is 0 Å². The Labute approximate surface area is 139 Å². The number of carbonyl (C=O) groups is 1. The Hall–Kier alpha value is -2.27. The molecule has 1 aromatic carbocycles. The second kappa shape index (κ2) is 6.87. The lowest BCUT2D eigenvalue weighted by molar-refractivity contribution is -0.117. The van der Waals surface area contributed by atoms with Gasteiger partial charge < -0.3 is 9.53 Å². The third-order valence-electron chi connectivity index (χ3n) is 3.64. The third kappa shape index (κ3) is 3.74. The van der Waals surface area contributed by atoms with E-state index in [1.807, 2.05) is 12.1 Å². The van der Waals surface area contributed by atoms with Gasteiger partial charge in [-0.3, -0.25) is 0 Å². The van der Waals surface area contributed by atoms with Gasteiger partial charge >= 0.3 is 0 Å². The van der Waals surface area contributed by atoms with Crippen LogP contribution in [0.2, 0.25) is 0 Å². The zero-order valence-corrected chi connectivity index (χ0v) is 14.0. The predicted molar refractivity (Wildman–Crippen MR) is 93.0 cm³/mol. The molecule has 0 saturated carbocycles. The topological polar surface area (TPSA) is 52.1 Å². The van der Waals surface area contributed by atoms with Gasteiger partial charge in [-0.25, -0.2) is 9.97 Å². The number of methoxy groups -OCH3 is 1. The van der Waals surface area contributed by atoms with E-state index in [2.05, 4.69) is 28.2 Å². The molecule has 3 aromatic rings. The van der Waals surface area contributed by atoms with E-state index >= 15 is 0 Å². The molecule has 118 valence electrons. The molecule has 4 nitrogen and oxygen atoms in total. The summed E-state index contributed by atoms with van der Waals surface area (Å²) in [7, 11) is 1.60. The van der Waals surface area contributed by atoms with Crippen molar-refractivity contribution in [3.05, 3.63) is 42.1 Å². The van der Waals surface area contributed by atoms with Crippen molar-refractivity contribution in [1.82, 2.24) is 9.97 Å². The number of thiazole rings is 1. The van der Waals surface area contributed by atoms with Gasteiger partial charge in [0.1, 0.15) is 10.8 Å². The highest BCUT2D eigenvalue weighted by atomic mass is 32.1. The molecule has 23 heavy (non-hydrogen) atoms. The molecular formula is C18H18N2O2S. The number of ether oxygens (including phenoxy) is 1. The minimum absolute atomic E-state index is 0.248. The van der Waals surface area contributed by atoms with Gasteiger partial charge in [0.2, 0.25) is 5.88 Å². The Morgan fingerprint density at radius 2 is 2.13 bits per heavy atom. The molecule has 0 aliphatic heterocycles. The highest BCUT2D eigenvalue weighted by Gasteiger charge is 2.08. The summed E-state index contributed by atoms with van der Waals surface area (Å²) in [6.45, 7) is 1.64. The number of ketones is 1. The van der Waals surface area contributed by atoms with Gasteiger partial charge in [-0.2, -0.15) is 0 Å². The fourth-order valence-electron chi connectivity index (χ4n) is 2.42. The molecule has 0 atom stereocenters. The first kappa shape index (κ1) is 15.6. The van der Waals surface area contributed by atoms with E-state index in [4.69, 9.17) is 4.74 Å². The van der Waals surface area contributed by atoms with Crippen molar-refractivity contribution in [2.24, 2.45) is 0 Å². The lowest BCUT2D eigenvalue weighted by atomic mass is 10.1. The van der Waals surface area contributed by atoms with E-state index in [9.17, 15) is 4.79 Å².